The molecular formula is C30H45N3O4S. The molecule has 1 aromatic rings. The molecule has 1 spiro atoms. The van der Waals surface area contributed by atoms with Crippen LogP contribution in [0.25, 0.3) is 0 Å². The minimum absolute atomic E-state index is 0.0112. The van der Waals surface area contributed by atoms with E-state index >= 15 is 0 Å². The highest BCUT2D eigenvalue weighted by molar-refractivity contribution is 8.02. The molecule has 3 saturated heterocycles. The summed E-state index contributed by atoms with van der Waals surface area (Å²) < 4.78 is -0.626. The molecule has 3 unspecified atom stereocenters. The molecule has 0 aliphatic carbocycles. The Balaban J connectivity index is 1.66. The van der Waals surface area contributed by atoms with E-state index in [4.69, 9.17) is 0 Å². The summed E-state index contributed by atoms with van der Waals surface area (Å²) in [6, 6.07) is 8.75. The normalized spacial score (nSPS) is 30.4. The number of hydrogen-bond donors (Lipinski definition) is 3. The molecule has 0 aromatic heterocycles. The summed E-state index contributed by atoms with van der Waals surface area (Å²) in [4.78, 5) is 43.7. The number of nitrogens with zero attached hydrogens (tertiary/aromatic N) is 1. The maximum absolute atomic E-state index is 14.2. The molecule has 3 fully saturated rings. The lowest BCUT2D eigenvalue weighted by atomic mass is 9.65. The van der Waals surface area contributed by atoms with Crippen molar-refractivity contribution in [1.29, 1.82) is 0 Å². The van der Waals surface area contributed by atoms with Crippen LogP contribution in [0.1, 0.15) is 73.6 Å². The standard InChI is InChI=1S/C30H45N3O4S/c1-19-17-21-22(25(35)31-20-13-9-7-10-14-20)23-27(37)33(15-11-8-12-16-34)24(30(19,23)38-21)26(36)32-29(5,6)18-28(2,3)4/h7,9-10,13-14,19,21-24,34H,8,11-12,15-18H2,1-6H3,(H,31,35)(H,32,36)/t19?,21-,22+,23-,24?,30?/m0/s1. The number of fused-ring (bicyclic) bond motifs is 1. The molecule has 3 aliphatic heterocycles. The van der Waals surface area contributed by atoms with Crippen molar-refractivity contribution in [3.05, 3.63) is 30.3 Å². The van der Waals surface area contributed by atoms with Crippen LogP contribution in [0.15, 0.2) is 30.3 Å². The van der Waals surface area contributed by atoms with E-state index in [-0.39, 0.29) is 40.9 Å². The number of thioether (sulfide) groups is 1. The lowest BCUT2D eigenvalue weighted by molar-refractivity contribution is -0.139. The Morgan fingerprint density at radius 1 is 1.08 bits per heavy atom. The quantitative estimate of drug-likeness (QED) is 0.379. The van der Waals surface area contributed by atoms with Crippen molar-refractivity contribution in [3.63, 3.8) is 0 Å². The Morgan fingerprint density at radius 3 is 2.39 bits per heavy atom. The van der Waals surface area contributed by atoms with Crippen molar-refractivity contribution in [3.8, 4) is 0 Å². The van der Waals surface area contributed by atoms with E-state index in [2.05, 4.69) is 38.3 Å². The molecule has 4 rings (SSSR count). The predicted octanol–water partition coefficient (Wildman–Crippen LogP) is 4.46. The molecule has 6 atom stereocenters. The van der Waals surface area contributed by atoms with Gasteiger partial charge in [-0.1, -0.05) is 45.9 Å². The van der Waals surface area contributed by atoms with Crippen LogP contribution in [-0.4, -0.2) is 62.5 Å². The van der Waals surface area contributed by atoms with E-state index in [1.54, 1.807) is 16.7 Å². The second kappa shape index (κ2) is 10.8. The number of likely N-dealkylation sites (tertiary alicyclic amines) is 1. The highest BCUT2D eigenvalue weighted by atomic mass is 32.2. The second-order valence-electron chi connectivity index (χ2n) is 13.3. The van der Waals surface area contributed by atoms with Gasteiger partial charge in [-0.25, -0.2) is 0 Å². The van der Waals surface area contributed by atoms with Gasteiger partial charge in [-0.05, 0) is 69.4 Å². The van der Waals surface area contributed by atoms with Gasteiger partial charge in [-0.2, -0.15) is 0 Å². The van der Waals surface area contributed by atoms with Crippen LogP contribution in [0.3, 0.4) is 0 Å². The SMILES string of the molecule is CC1C[C@@H]2SC13C(C(=O)NC(C)(C)CC(C)(C)C)N(CCCCCO)C(=O)[C@@H]3[C@@H]2C(=O)Nc1ccccc1. The monoisotopic (exact) mass is 543 g/mol. The predicted molar refractivity (Wildman–Crippen MR) is 153 cm³/mol. The first-order chi connectivity index (χ1) is 17.8. The molecule has 210 valence electrons. The Kier molecular flexibility index (Phi) is 8.25. The van der Waals surface area contributed by atoms with Crippen molar-refractivity contribution in [2.24, 2.45) is 23.2 Å². The number of benzene rings is 1. The smallest absolute Gasteiger partial charge is 0.244 e. The number of rotatable bonds is 10. The zero-order chi connectivity index (χ0) is 27.9. The number of unbranched alkanes of at least 4 members (excludes halogenated alkanes) is 2. The molecule has 0 radical (unpaired) electrons. The van der Waals surface area contributed by atoms with E-state index < -0.39 is 28.2 Å². The molecule has 3 aliphatic rings. The van der Waals surface area contributed by atoms with Gasteiger partial charge in [-0.15, -0.1) is 11.8 Å². The highest BCUT2D eigenvalue weighted by Crippen LogP contribution is 2.68. The van der Waals surface area contributed by atoms with Gasteiger partial charge in [0.15, 0.2) is 0 Å². The summed E-state index contributed by atoms with van der Waals surface area (Å²) in [6.45, 7) is 13.3. The van der Waals surface area contributed by atoms with Gasteiger partial charge in [0.2, 0.25) is 17.7 Å². The van der Waals surface area contributed by atoms with Crippen molar-refractivity contribution in [2.45, 2.75) is 95.2 Å². The first kappa shape index (κ1) is 28.9. The van der Waals surface area contributed by atoms with E-state index in [1.807, 2.05) is 44.2 Å². The molecule has 3 amide bonds. The fourth-order valence-electron chi connectivity index (χ4n) is 7.45. The van der Waals surface area contributed by atoms with E-state index in [9.17, 15) is 19.5 Å². The number of nitrogens with one attached hydrogen (secondary N) is 2. The number of para-hydroxylation sites is 1. The first-order valence-corrected chi connectivity index (χ1v) is 15.0. The van der Waals surface area contributed by atoms with Gasteiger partial charge in [0, 0.05) is 29.6 Å². The van der Waals surface area contributed by atoms with Crippen molar-refractivity contribution >= 4 is 35.2 Å². The lowest BCUT2D eigenvalue weighted by Gasteiger charge is -2.41. The fourth-order valence-corrected chi connectivity index (χ4v) is 9.87. The zero-order valence-electron chi connectivity index (χ0n) is 23.8. The van der Waals surface area contributed by atoms with Crippen LogP contribution in [-0.2, 0) is 14.4 Å². The Hall–Kier alpha value is -2.06. The summed E-state index contributed by atoms with van der Waals surface area (Å²) in [5.41, 5.74) is 0.308. The molecule has 3 N–H and O–H groups in total. The minimum Gasteiger partial charge on any atom is -0.396 e. The van der Waals surface area contributed by atoms with Crippen LogP contribution in [0.2, 0.25) is 0 Å². The van der Waals surface area contributed by atoms with Crippen LogP contribution in [0.4, 0.5) is 5.69 Å². The maximum atomic E-state index is 14.2. The minimum atomic E-state index is -0.626. The van der Waals surface area contributed by atoms with Crippen LogP contribution >= 0.6 is 11.8 Å². The summed E-state index contributed by atoms with van der Waals surface area (Å²) in [5, 5.41) is 15.6. The summed E-state index contributed by atoms with van der Waals surface area (Å²) in [7, 11) is 0. The van der Waals surface area contributed by atoms with Gasteiger partial charge in [-0.3, -0.25) is 14.4 Å². The second-order valence-corrected chi connectivity index (χ2v) is 14.9. The Labute approximate surface area is 231 Å². The van der Waals surface area contributed by atoms with Crippen molar-refractivity contribution in [1.82, 2.24) is 10.2 Å². The van der Waals surface area contributed by atoms with Gasteiger partial charge >= 0.3 is 0 Å². The average molecular weight is 544 g/mol. The summed E-state index contributed by atoms with van der Waals surface area (Å²) in [5.74, 6) is -1.17. The van der Waals surface area contributed by atoms with Crippen molar-refractivity contribution < 1.29 is 19.5 Å². The number of hydrogen-bond acceptors (Lipinski definition) is 5. The fraction of sp³-hybridized carbons (Fsp3) is 0.700. The molecular weight excluding hydrogens is 498 g/mol. The van der Waals surface area contributed by atoms with Gasteiger partial charge in [0.25, 0.3) is 0 Å². The molecule has 0 saturated carbocycles. The largest absolute Gasteiger partial charge is 0.396 e. The average Bonchev–Trinajstić information content (AvgIpc) is 3.39. The Bertz CT molecular complexity index is 1040. The number of aliphatic hydroxyl groups is 1. The molecule has 7 nitrogen and oxygen atoms in total. The zero-order valence-corrected chi connectivity index (χ0v) is 24.6. The topological polar surface area (TPSA) is 98.7 Å². The van der Waals surface area contributed by atoms with Gasteiger partial charge < -0.3 is 20.6 Å². The van der Waals surface area contributed by atoms with Gasteiger partial charge in [0.05, 0.1) is 16.6 Å². The molecule has 1 aromatic carbocycles. The third-order valence-electron chi connectivity index (χ3n) is 8.33. The number of amides is 3. The van der Waals surface area contributed by atoms with E-state index in [0.717, 1.165) is 24.9 Å². The van der Waals surface area contributed by atoms with Crippen LogP contribution in [0, 0.1) is 23.2 Å². The van der Waals surface area contributed by atoms with Crippen LogP contribution in [0.5, 0.6) is 0 Å². The first-order valence-electron chi connectivity index (χ1n) is 14.1. The third kappa shape index (κ3) is 5.48. The molecule has 3 heterocycles. The lowest BCUT2D eigenvalue weighted by Crippen LogP contribution is -2.60. The molecule has 8 heteroatoms. The summed E-state index contributed by atoms with van der Waals surface area (Å²) >= 11 is 1.71. The van der Waals surface area contributed by atoms with E-state index in [1.165, 1.54) is 0 Å². The number of carbonyl (C=O) groups excluding carboxylic acids is 3. The molecule has 38 heavy (non-hydrogen) atoms. The maximum Gasteiger partial charge on any atom is 0.244 e. The summed E-state index contributed by atoms with van der Waals surface area (Å²) in [6.07, 6.45) is 3.78. The van der Waals surface area contributed by atoms with Crippen molar-refractivity contribution in [2.75, 3.05) is 18.5 Å². The number of carbonyl (C=O) groups is 3. The van der Waals surface area contributed by atoms with Crippen LogP contribution < -0.4 is 10.6 Å². The molecule has 2 bridgehead atoms. The Morgan fingerprint density at radius 2 is 1.76 bits per heavy atom. The third-order valence-corrected chi connectivity index (χ3v) is 10.4. The number of aliphatic hydroxyl groups excluding tert-OH is 1. The highest BCUT2D eigenvalue weighted by Gasteiger charge is 2.76. The number of anilines is 1. The van der Waals surface area contributed by atoms with E-state index in [0.29, 0.717) is 19.4 Å². The van der Waals surface area contributed by atoms with Gasteiger partial charge in [0.1, 0.15) is 6.04 Å².